The molecule has 0 aliphatic heterocycles. The third-order valence-corrected chi connectivity index (χ3v) is 5.06. The fraction of sp³-hybridized carbons (Fsp3) is 0.0345. The first-order valence-electron chi connectivity index (χ1n) is 10.6. The van der Waals surface area contributed by atoms with Crippen molar-refractivity contribution in [2.75, 3.05) is 4.90 Å². The van der Waals surface area contributed by atoms with E-state index in [9.17, 15) is 9.59 Å². The molecule has 0 radical (unpaired) electrons. The van der Waals surface area contributed by atoms with Crippen molar-refractivity contribution < 1.29 is 14.3 Å². The molecular weight excluding hydrogens is 410 g/mol. The highest BCUT2D eigenvalue weighted by molar-refractivity contribution is 6.07. The molecule has 0 aliphatic carbocycles. The average molecular weight is 434 g/mol. The van der Waals surface area contributed by atoms with Crippen LogP contribution < -0.4 is 9.64 Å². The second-order valence-electron chi connectivity index (χ2n) is 7.51. The molecule has 0 bridgehead atoms. The maximum Gasteiger partial charge on any atom is 0.424 e. The summed E-state index contributed by atoms with van der Waals surface area (Å²) >= 11 is 0. The standard InChI is InChI=1S/C29H23NO3/c1-22-12-14-23(15-13-22)16-21-28(31)24-17-19-27(20-18-24)33-29(32)30(25-8-4-2-5-9-25)26-10-6-3-7-11-26/h2-21H,1H3/b21-16+. The monoisotopic (exact) mass is 433 g/mol. The fourth-order valence-electron chi connectivity index (χ4n) is 3.29. The maximum atomic E-state index is 13.0. The van der Waals surface area contributed by atoms with E-state index in [1.807, 2.05) is 91.9 Å². The quantitative estimate of drug-likeness (QED) is 0.238. The van der Waals surface area contributed by atoms with Gasteiger partial charge in [0.1, 0.15) is 5.75 Å². The molecule has 0 spiro atoms. The first kappa shape index (κ1) is 21.8. The van der Waals surface area contributed by atoms with E-state index < -0.39 is 6.09 Å². The Morgan fingerprint density at radius 2 is 1.24 bits per heavy atom. The van der Waals surface area contributed by atoms with Gasteiger partial charge in [0.15, 0.2) is 5.78 Å². The van der Waals surface area contributed by atoms with Gasteiger partial charge >= 0.3 is 6.09 Å². The van der Waals surface area contributed by atoms with Gasteiger partial charge in [-0.2, -0.15) is 0 Å². The first-order chi connectivity index (χ1) is 16.1. The summed E-state index contributed by atoms with van der Waals surface area (Å²) in [7, 11) is 0. The van der Waals surface area contributed by atoms with E-state index in [1.54, 1.807) is 30.3 Å². The van der Waals surface area contributed by atoms with Gasteiger partial charge in [-0.1, -0.05) is 72.3 Å². The number of carbonyl (C=O) groups excluding carboxylic acids is 2. The Morgan fingerprint density at radius 1 is 0.697 bits per heavy atom. The maximum absolute atomic E-state index is 13.0. The predicted molar refractivity (Wildman–Crippen MR) is 132 cm³/mol. The van der Waals surface area contributed by atoms with Crippen LogP contribution in [0.5, 0.6) is 5.75 Å². The van der Waals surface area contributed by atoms with Crippen molar-refractivity contribution in [1.82, 2.24) is 0 Å². The lowest BCUT2D eigenvalue weighted by Crippen LogP contribution is -2.29. The fourth-order valence-corrected chi connectivity index (χ4v) is 3.29. The van der Waals surface area contributed by atoms with E-state index in [4.69, 9.17) is 4.74 Å². The Kier molecular flexibility index (Phi) is 6.76. The van der Waals surface area contributed by atoms with E-state index in [1.165, 1.54) is 16.5 Å². The van der Waals surface area contributed by atoms with Crippen LogP contribution in [-0.2, 0) is 0 Å². The number of rotatable bonds is 6. The summed E-state index contributed by atoms with van der Waals surface area (Å²) in [4.78, 5) is 27.0. The van der Waals surface area contributed by atoms with Crippen molar-refractivity contribution in [3.8, 4) is 5.75 Å². The molecule has 1 amide bonds. The highest BCUT2D eigenvalue weighted by Crippen LogP contribution is 2.26. The van der Waals surface area contributed by atoms with Crippen molar-refractivity contribution in [2.24, 2.45) is 0 Å². The van der Waals surface area contributed by atoms with Gasteiger partial charge in [0.05, 0.1) is 11.4 Å². The number of para-hydroxylation sites is 2. The lowest BCUT2D eigenvalue weighted by Gasteiger charge is -2.22. The van der Waals surface area contributed by atoms with Gasteiger partial charge in [0.25, 0.3) is 0 Å². The summed E-state index contributed by atoms with van der Waals surface area (Å²) in [5.74, 6) is 0.236. The summed E-state index contributed by atoms with van der Waals surface area (Å²) in [6.45, 7) is 2.02. The molecule has 0 N–H and O–H groups in total. The highest BCUT2D eigenvalue weighted by atomic mass is 16.6. The van der Waals surface area contributed by atoms with Crippen LogP contribution in [0.1, 0.15) is 21.5 Å². The molecule has 4 rings (SSSR count). The summed E-state index contributed by atoms with van der Waals surface area (Å²) in [6.07, 6.45) is 2.79. The Morgan fingerprint density at radius 3 is 1.79 bits per heavy atom. The van der Waals surface area contributed by atoms with Crippen LogP contribution >= 0.6 is 0 Å². The molecule has 0 saturated heterocycles. The summed E-state index contributed by atoms with van der Waals surface area (Å²) in [5, 5.41) is 0. The minimum Gasteiger partial charge on any atom is -0.410 e. The molecule has 0 heterocycles. The van der Waals surface area contributed by atoms with Crippen molar-refractivity contribution in [3.05, 3.63) is 132 Å². The van der Waals surface area contributed by atoms with E-state index in [0.29, 0.717) is 22.7 Å². The highest BCUT2D eigenvalue weighted by Gasteiger charge is 2.20. The van der Waals surface area contributed by atoms with E-state index >= 15 is 0 Å². The summed E-state index contributed by atoms with van der Waals surface area (Å²) in [5.41, 5.74) is 4.03. The number of benzene rings is 4. The molecule has 0 aromatic heterocycles. The van der Waals surface area contributed by atoms with Crippen LogP contribution in [0.3, 0.4) is 0 Å². The predicted octanol–water partition coefficient (Wildman–Crippen LogP) is 7.23. The van der Waals surface area contributed by atoms with Crippen LogP contribution in [-0.4, -0.2) is 11.9 Å². The van der Waals surface area contributed by atoms with Gasteiger partial charge in [0.2, 0.25) is 0 Å². The molecule has 162 valence electrons. The van der Waals surface area contributed by atoms with Gasteiger partial charge < -0.3 is 4.74 Å². The molecule has 4 nitrogen and oxygen atoms in total. The minimum absolute atomic E-state index is 0.122. The molecule has 0 saturated carbocycles. The molecule has 0 unspecified atom stereocenters. The molecule has 4 heteroatoms. The topological polar surface area (TPSA) is 46.6 Å². The number of hydrogen-bond acceptors (Lipinski definition) is 3. The van der Waals surface area contributed by atoms with Crippen LogP contribution in [0.2, 0.25) is 0 Å². The molecular formula is C29H23NO3. The van der Waals surface area contributed by atoms with Crippen LogP contribution in [0.4, 0.5) is 16.2 Å². The molecule has 4 aromatic rings. The zero-order valence-corrected chi connectivity index (χ0v) is 18.2. The number of carbonyl (C=O) groups is 2. The number of nitrogens with zero attached hydrogens (tertiary/aromatic N) is 1. The van der Waals surface area contributed by atoms with Crippen molar-refractivity contribution in [3.63, 3.8) is 0 Å². The molecule has 33 heavy (non-hydrogen) atoms. The average Bonchev–Trinajstić information content (AvgIpc) is 2.85. The third kappa shape index (κ3) is 5.63. The van der Waals surface area contributed by atoms with Crippen LogP contribution in [0, 0.1) is 6.92 Å². The number of ether oxygens (including phenoxy) is 1. The number of aryl methyl sites for hydroxylation is 1. The molecule has 0 atom stereocenters. The lowest BCUT2D eigenvalue weighted by molar-refractivity contribution is 0.104. The lowest BCUT2D eigenvalue weighted by atomic mass is 10.1. The smallest absolute Gasteiger partial charge is 0.410 e. The van der Waals surface area contributed by atoms with E-state index in [2.05, 4.69) is 0 Å². The number of allylic oxidation sites excluding steroid dienone is 1. The molecule has 4 aromatic carbocycles. The number of anilines is 2. The van der Waals surface area contributed by atoms with E-state index in [0.717, 1.165) is 5.56 Å². The zero-order valence-electron chi connectivity index (χ0n) is 18.2. The van der Waals surface area contributed by atoms with Gasteiger partial charge in [-0.15, -0.1) is 0 Å². The van der Waals surface area contributed by atoms with E-state index in [-0.39, 0.29) is 5.78 Å². The Bertz CT molecular complexity index is 1210. The van der Waals surface area contributed by atoms with Gasteiger partial charge in [-0.3, -0.25) is 4.79 Å². The second-order valence-corrected chi connectivity index (χ2v) is 7.51. The van der Waals surface area contributed by atoms with Gasteiger partial charge in [-0.05, 0) is 67.1 Å². The Hall–Kier alpha value is -4.44. The summed E-state index contributed by atoms with van der Waals surface area (Å²) < 4.78 is 5.62. The summed E-state index contributed by atoms with van der Waals surface area (Å²) in [6, 6.07) is 33.1. The number of hydrogen-bond donors (Lipinski definition) is 0. The van der Waals surface area contributed by atoms with Crippen molar-refractivity contribution in [1.29, 1.82) is 0 Å². The molecule has 0 aliphatic rings. The zero-order chi connectivity index (χ0) is 23.0. The number of amides is 1. The largest absolute Gasteiger partial charge is 0.424 e. The molecule has 0 fully saturated rings. The Balaban J connectivity index is 1.47. The number of ketones is 1. The second kappa shape index (κ2) is 10.2. The first-order valence-corrected chi connectivity index (χ1v) is 10.6. The van der Waals surface area contributed by atoms with Crippen LogP contribution in [0.25, 0.3) is 6.08 Å². The van der Waals surface area contributed by atoms with Gasteiger partial charge in [0, 0.05) is 5.56 Å². The van der Waals surface area contributed by atoms with Gasteiger partial charge in [-0.25, -0.2) is 9.69 Å². The van der Waals surface area contributed by atoms with Crippen molar-refractivity contribution >= 4 is 29.3 Å². The van der Waals surface area contributed by atoms with Crippen LogP contribution in [0.15, 0.2) is 115 Å². The Labute approximate surface area is 193 Å². The minimum atomic E-state index is -0.536. The van der Waals surface area contributed by atoms with Crippen molar-refractivity contribution in [2.45, 2.75) is 6.92 Å². The normalized spacial score (nSPS) is 10.7. The third-order valence-electron chi connectivity index (χ3n) is 5.06. The SMILES string of the molecule is Cc1ccc(/C=C/C(=O)c2ccc(OC(=O)N(c3ccccc3)c3ccccc3)cc2)cc1.